The van der Waals surface area contributed by atoms with E-state index in [0.29, 0.717) is 0 Å². The molecule has 3 rings (SSSR count). The third-order valence-corrected chi connectivity index (χ3v) is 4.69. The number of nitrogens with zero attached hydrogens (tertiary/aromatic N) is 2. The van der Waals surface area contributed by atoms with Crippen molar-refractivity contribution in [2.75, 3.05) is 7.11 Å². The summed E-state index contributed by atoms with van der Waals surface area (Å²) in [6, 6.07) is 10.1. The molecule has 0 aliphatic carbocycles. The van der Waals surface area contributed by atoms with Gasteiger partial charge in [-0.3, -0.25) is 0 Å². The van der Waals surface area contributed by atoms with E-state index in [9.17, 15) is 0 Å². The topological polar surface area (TPSA) is 27.1 Å². The maximum atomic E-state index is 5.29. The second-order valence-electron chi connectivity index (χ2n) is 4.31. The highest BCUT2D eigenvalue weighted by atomic mass is 79.9. The largest absolute Gasteiger partial charge is 0.497 e. The molecule has 5 heteroatoms. The molecule has 3 nitrogen and oxygen atoms in total. The monoisotopic (exact) mass is 348 g/mol. The van der Waals surface area contributed by atoms with Crippen LogP contribution < -0.4 is 4.74 Å². The number of thiophene rings is 1. The van der Waals surface area contributed by atoms with Crippen LogP contribution in [0.4, 0.5) is 0 Å². The van der Waals surface area contributed by atoms with Gasteiger partial charge in [-0.25, -0.2) is 4.98 Å². The quantitative estimate of drug-likeness (QED) is 0.697. The molecule has 0 spiro atoms. The van der Waals surface area contributed by atoms with E-state index in [4.69, 9.17) is 4.74 Å². The summed E-state index contributed by atoms with van der Waals surface area (Å²) in [5, 5.41) is 2.07. The molecule has 2 aromatic heterocycles. The number of halogens is 1. The van der Waals surface area contributed by atoms with Gasteiger partial charge in [0, 0.05) is 16.9 Å². The second-order valence-corrected chi connectivity index (χ2v) is 6.12. The molecule has 3 aromatic rings. The van der Waals surface area contributed by atoms with Gasteiger partial charge in [0.15, 0.2) is 0 Å². The highest BCUT2D eigenvalue weighted by molar-refractivity contribution is 9.10. The van der Waals surface area contributed by atoms with Crippen LogP contribution in [-0.2, 0) is 6.54 Å². The maximum Gasteiger partial charge on any atom is 0.150 e. The van der Waals surface area contributed by atoms with Gasteiger partial charge >= 0.3 is 0 Å². The van der Waals surface area contributed by atoms with Crippen LogP contribution in [0, 0.1) is 0 Å². The number of methoxy groups -OCH3 is 1. The molecule has 0 aliphatic heterocycles. The van der Waals surface area contributed by atoms with Crippen molar-refractivity contribution in [1.82, 2.24) is 9.55 Å². The highest BCUT2D eigenvalue weighted by Gasteiger charge is 2.09. The number of benzene rings is 1. The minimum absolute atomic E-state index is 0.755. The summed E-state index contributed by atoms with van der Waals surface area (Å²) in [6.07, 6.45) is 3.84. The Bertz CT molecular complexity index is 706. The first-order valence-corrected chi connectivity index (χ1v) is 7.82. The van der Waals surface area contributed by atoms with Crippen LogP contribution in [-0.4, -0.2) is 16.7 Å². The van der Waals surface area contributed by atoms with Gasteiger partial charge in [-0.2, -0.15) is 0 Å². The second kappa shape index (κ2) is 5.81. The summed E-state index contributed by atoms with van der Waals surface area (Å²) in [5.41, 5.74) is 1.17. The van der Waals surface area contributed by atoms with Gasteiger partial charge in [0.25, 0.3) is 0 Å². The normalized spacial score (nSPS) is 10.7. The van der Waals surface area contributed by atoms with Crippen molar-refractivity contribution >= 4 is 27.3 Å². The molecule has 0 saturated heterocycles. The first-order valence-electron chi connectivity index (χ1n) is 6.15. The standard InChI is InChI=1S/C15H13BrN2OS/c1-19-12-4-5-13(16)11(9-12)10-18-7-6-17-15(18)14-3-2-8-20-14/h2-9H,10H2,1H3. The Labute approximate surface area is 130 Å². The molecule has 20 heavy (non-hydrogen) atoms. The van der Waals surface area contributed by atoms with Crippen molar-refractivity contribution in [1.29, 1.82) is 0 Å². The Morgan fingerprint density at radius 2 is 2.25 bits per heavy atom. The van der Waals surface area contributed by atoms with E-state index in [-0.39, 0.29) is 0 Å². The lowest BCUT2D eigenvalue weighted by atomic mass is 10.2. The molecule has 0 unspecified atom stereocenters. The Balaban J connectivity index is 1.94. The van der Waals surface area contributed by atoms with Gasteiger partial charge in [0.05, 0.1) is 18.5 Å². The third kappa shape index (κ3) is 2.64. The van der Waals surface area contributed by atoms with Crippen LogP contribution in [0.25, 0.3) is 10.7 Å². The number of imidazole rings is 1. The molecule has 0 aliphatic rings. The average molecular weight is 349 g/mol. The van der Waals surface area contributed by atoms with Crippen LogP contribution >= 0.6 is 27.3 Å². The number of aromatic nitrogens is 2. The zero-order valence-electron chi connectivity index (χ0n) is 10.9. The highest BCUT2D eigenvalue weighted by Crippen LogP contribution is 2.27. The third-order valence-electron chi connectivity index (χ3n) is 3.05. The summed E-state index contributed by atoms with van der Waals surface area (Å²) < 4.78 is 8.51. The Hall–Kier alpha value is -1.59. The molecule has 0 N–H and O–H groups in total. The fourth-order valence-electron chi connectivity index (χ4n) is 2.05. The lowest BCUT2D eigenvalue weighted by Crippen LogP contribution is -2.01. The van der Waals surface area contributed by atoms with Crippen molar-refractivity contribution in [3.8, 4) is 16.5 Å². The predicted octanol–water partition coefficient (Wildman–Crippen LogP) is 4.43. The van der Waals surface area contributed by atoms with E-state index in [1.165, 1.54) is 10.4 Å². The van der Waals surface area contributed by atoms with E-state index >= 15 is 0 Å². The summed E-state index contributed by atoms with van der Waals surface area (Å²) >= 11 is 5.29. The maximum absolute atomic E-state index is 5.29. The fourth-order valence-corrected chi connectivity index (χ4v) is 3.16. The molecular formula is C15H13BrN2OS. The molecule has 102 valence electrons. The Morgan fingerprint density at radius 1 is 1.35 bits per heavy atom. The predicted molar refractivity (Wildman–Crippen MR) is 85.3 cm³/mol. The van der Waals surface area contributed by atoms with Gasteiger partial charge in [-0.15, -0.1) is 11.3 Å². The van der Waals surface area contributed by atoms with Gasteiger partial charge in [-0.05, 0) is 35.2 Å². The van der Waals surface area contributed by atoms with E-state index in [1.54, 1.807) is 18.4 Å². The van der Waals surface area contributed by atoms with E-state index in [0.717, 1.165) is 22.6 Å². The minimum Gasteiger partial charge on any atom is -0.497 e. The smallest absolute Gasteiger partial charge is 0.150 e. The molecule has 1 aromatic carbocycles. The summed E-state index contributed by atoms with van der Waals surface area (Å²) in [5.74, 6) is 1.86. The molecule has 0 saturated carbocycles. The van der Waals surface area contributed by atoms with Crippen molar-refractivity contribution in [2.24, 2.45) is 0 Å². The van der Waals surface area contributed by atoms with Crippen LogP contribution in [0.1, 0.15) is 5.56 Å². The van der Waals surface area contributed by atoms with Gasteiger partial charge < -0.3 is 9.30 Å². The van der Waals surface area contributed by atoms with Crippen LogP contribution in [0.2, 0.25) is 0 Å². The molecular weight excluding hydrogens is 336 g/mol. The molecule has 0 radical (unpaired) electrons. The Kier molecular flexibility index (Phi) is 3.89. The molecule has 2 heterocycles. The summed E-state index contributed by atoms with van der Waals surface area (Å²) in [6.45, 7) is 0.755. The van der Waals surface area contributed by atoms with Crippen molar-refractivity contribution in [2.45, 2.75) is 6.54 Å². The van der Waals surface area contributed by atoms with Crippen molar-refractivity contribution < 1.29 is 4.74 Å². The van der Waals surface area contributed by atoms with E-state index in [1.807, 2.05) is 36.7 Å². The van der Waals surface area contributed by atoms with Crippen molar-refractivity contribution in [3.05, 3.63) is 58.1 Å². The minimum atomic E-state index is 0.755. The zero-order valence-corrected chi connectivity index (χ0v) is 13.3. The van der Waals surface area contributed by atoms with E-state index in [2.05, 4.69) is 36.9 Å². The van der Waals surface area contributed by atoms with E-state index < -0.39 is 0 Å². The fraction of sp³-hybridized carbons (Fsp3) is 0.133. The van der Waals surface area contributed by atoms with Gasteiger partial charge in [-0.1, -0.05) is 22.0 Å². The SMILES string of the molecule is COc1ccc(Br)c(Cn2ccnc2-c2cccs2)c1. The molecule has 0 atom stereocenters. The molecule has 0 bridgehead atoms. The molecule has 0 fully saturated rings. The zero-order chi connectivity index (χ0) is 13.9. The number of hydrogen-bond donors (Lipinski definition) is 0. The van der Waals surface area contributed by atoms with Crippen molar-refractivity contribution in [3.63, 3.8) is 0 Å². The number of rotatable bonds is 4. The summed E-state index contributed by atoms with van der Waals surface area (Å²) in [7, 11) is 1.68. The average Bonchev–Trinajstić information content (AvgIpc) is 3.11. The number of hydrogen-bond acceptors (Lipinski definition) is 3. The van der Waals surface area contributed by atoms with Crippen LogP contribution in [0.3, 0.4) is 0 Å². The van der Waals surface area contributed by atoms with Crippen LogP contribution in [0.5, 0.6) is 5.75 Å². The first-order chi connectivity index (χ1) is 9.78. The number of ether oxygens (including phenoxy) is 1. The first kappa shape index (κ1) is 13.4. The molecule has 0 amide bonds. The Morgan fingerprint density at radius 3 is 3.00 bits per heavy atom. The lowest BCUT2D eigenvalue weighted by molar-refractivity contribution is 0.414. The lowest BCUT2D eigenvalue weighted by Gasteiger charge is -2.10. The van der Waals surface area contributed by atoms with Gasteiger partial charge in [0.1, 0.15) is 11.6 Å². The summed E-state index contributed by atoms with van der Waals surface area (Å²) in [4.78, 5) is 5.63. The van der Waals surface area contributed by atoms with Gasteiger partial charge in [0.2, 0.25) is 0 Å². The van der Waals surface area contributed by atoms with Crippen LogP contribution in [0.15, 0.2) is 52.6 Å².